The van der Waals surface area contributed by atoms with Crippen LogP contribution in [0, 0.1) is 11.3 Å². The molecule has 0 spiro atoms. The van der Waals surface area contributed by atoms with Gasteiger partial charge in [0.25, 0.3) is 5.91 Å². The van der Waals surface area contributed by atoms with Crippen molar-refractivity contribution in [1.29, 1.82) is 5.26 Å². The zero-order valence-corrected chi connectivity index (χ0v) is 14.1. The molecule has 24 heavy (non-hydrogen) atoms. The van der Waals surface area contributed by atoms with Crippen LogP contribution in [0.4, 0.5) is 0 Å². The standard InChI is InChI=1S/C18H19N3O2S/c19-12-14-3-1-4-15(11-14)18(22)20-13-16(17-5-2-10-24-17)21-6-8-23-9-7-21/h1-5,10-11,16H,6-9,13H2,(H,20,22). The Morgan fingerprint density at radius 1 is 1.33 bits per heavy atom. The van der Waals surface area contributed by atoms with E-state index in [1.165, 1.54) is 4.88 Å². The molecular formula is C18H19N3O2S. The lowest BCUT2D eigenvalue weighted by molar-refractivity contribution is 0.0169. The second kappa shape index (κ2) is 8.06. The summed E-state index contributed by atoms with van der Waals surface area (Å²) < 4.78 is 5.43. The smallest absolute Gasteiger partial charge is 0.251 e. The maximum atomic E-state index is 12.4. The van der Waals surface area contributed by atoms with Gasteiger partial charge in [0, 0.05) is 30.1 Å². The highest BCUT2D eigenvalue weighted by Crippen LogP contribution is 2.25. The summed E-state index contributed by atoms with van der Waals surface area (Å²) >= 11 is 1.70. The fraction of sp³-hybridized carbons (Fsp3) is 0.333. The monoisotopic (exact) mass is 341 g/mol. The Labute approximate surface area is 145 Å². The van der Waals surface area contributed by atoms with E-state index in [1.54, 1.807) is 35.6 Å². The van der Waals surface area contributed by atoms with Crippen LogP contribution in [-0.4, -0.2) is 43.7 Å². The number of nitrogens with zero attached hydrogens (tertiary/aromatic N) is 2. The van der Waals surface area contributed by atoms with Gasteiger partial charge in [0.05, 0.1) is 30.9 Å². The Hall–Kier alpha value is -2.20. The molecule has 1 fully saturated rings. The van der Waals surface area contributed by atoms with Crippen molar-refractivity contribution in [3.63, 3.8) is 0 Å². The topological polar surface area (TPSA) is 65.4 Å². The Morgan fingerprint density at radius 3 is 2.88 bits per heavy atom. The van der Waals surface area contributed by atoms with Crippen molar-refractivity contribution >= 4 is 17.2 Å². The largest absolute Gasteiger partial charge is 0.379 e. The quantitative estimate of drug-likeness (QED) is 0.907. The highest BCUT2D eigenvalue weighted by atomic mass is 32.1. The van der Waals surface area contributed by atoms with Gasteiger partial charge >= 0.3 is 0 Å². The molecule has 5 nitrogen and oxygen atoms in total. The summed E-state index contributed by atoms with van der Waals surface area (Å²) in [4.78, 5) is 16.0. The summed E-state index contributed by atoms with van der Waals surface area (Å²) in [5.41, 5.74) is 1.01. The Bertz CT molecular complexity index is 718. The predicted molar refractivity (Wildman–Crippen MR) is 92.9 cm³/mol. The summed E-state index contributed by atoms with van der Waals surface area (Å²) in [5, 5.41) is 14.0. The number of hydrogen-bond acceptors (Lipinski definition) is 5. The minimum atomic E-state index is -0.151. The number of morpholine rings is 1. The Morgan fingerprint density at radius 2 is 2.17 bits per heavy atom. The molecule has 1 saturated heterocycles. The number of nitrogens with one attached hydrogen (secondary N) is 1. The Kier molecular flexibility index (Phi) is 5.59. The van der Waals surface area contributed by atoms with E-state index in [0.717, 1.165) is 26.3 Å². The molecule has 3 rings (SSSR count). The normalized spacial score (nSPS) is 16.3. The predicted octanol–water partition coefficient (Wildman–Crippen LogP) is 2.42. The SMILES string of the molecule is N#Cc1cccc(C(=O)NCC(c2cccs2)N2CCOCC2)c1. The van der Waals surface area contributed by atoms with Crippen LogP contribution in [0.2, 0.25) is 0 Å². The number of nitriles is 1. The highest BCUT2D eigenvalue weighted by molar-refractivity contribution is 7.10. The van der Waals surface area contributed by atoms with E-state index in [-0.39, 0.29) is 11.9 Å². The number of ether oxygens (including phenoxy) is 1. The lowest BCUT2D eigenvalue weighted by Crippen LogP contribution is -2.43. The Balaban J connectivity index is 1.68. The van der Waals surface area contributed by atoms with Crippen LogP contribution in [0.1, 0.15) is 26.8 Å². The first kappa shape index (κ1) is 16.7. The second-order valence-corrected chi connectivity index (χ2v) is 6.56. The van der Waals surface area contributed by atoms with Crippen LogP contribution in [0.3, 0.4) is 0 Å². The number of carbonyl (C=O) groups is 1. The molecule has 1 N–H and O–H groups in total. The molecule has 0 radical (unpaired) electrons. The first-order valence-electron chi connectivity index (χ1n) is 7.91. The van der Waals surface area contributed by atoms with Crippen molar-refractivity contribution in [2.24, 2.45) is 0 Å². The van der Waals surface area contributed by atoms with Crippen LogP contribution in [0.15, 0.2) is 41.8 Å². The molecule has 1 unspecified atom stereocenters. The summed E-state index contributed by atoms with van der Waals surface area (Å²) in [6, 6.07) is 13.1. The average Bonchev–Trinajstić information content (AvgIpc) is 3.17. The molecule has 2 aromatic rings. The van der Waals surface area contributed by atoms with Crippen LogP contribution in [0.5, 0.6) is 0 Å². The van der Waals surface area contributed by atoms with E-state index in [2.05, 4.69) is 27.7 Å². The first-order chi connectivity index (χ1) is 11.8. The molecule has 2 heterocycles. The fourth-order valence-electron chi connectivity index (χ4n) is 2.80. The number of amides is 1. The molecular weight excluding hydrogens is 322 g/mol. The van der Waals surface area contributed by atoms with Gasteiger partial charge in [-0.25, -0.2) is 0 Å². The molecule has 1 aliphatic rings. The van der Waals surface area contributed by atoms with Crippen molar-refractivity contribution in [1.82, 2.24) is 10.2 Å². The van der Waals surface area contributed by atoms with Crippen LogP contribution < -0.4 is 5.32 Å². The van der Waals surface area contributed by atoms with E-state index in [9.17, 15) is 4.79 Å². The lowest BCUT2D eigenvalue weighted by atomic mass is 10.1. The molecule has 0 saturated carbocycles. The molecule has 124 valence electrons. The first-order valence-corrected chi connectivity index (χ1v) is 8.79. The third-order valence-corrected chi connectivity index (χ3v) is 5.04. The number of rotatable bonds is 5. The molecule has 1 aromatic carbocycles. The van der Waals surface area contributed by atoms with E-state index in [4.69, 9.17) is 10.00 Å². The van der Waals surface area contributed by atoms with Crippen LogP contribution in [0.25, 0.3) is 0 Å². The number of hydrogen-bond donors (Lipinski definition) is 1. The zero-order chi connectivity index (χ0) is 16.8. The average molecular weight is 341 g/mol. The van der Waals surface area contributed by atoms with E-state index in [1.807, 2.05) is 6.07 Å². The highest BCUT2D eigenvalue weighted by Gasteiger charge is 2.24. The van der Waals surface area contributed by atoms with Gasteiger partial charge in [0.2, 0.25) is 0 Å². The molecule has 0 aliphatic carbocycles. The number of thiophene rings is 1. The molecule has 1 aliphatic heterocycles. The zero-order valence-electron chi connectivity index (χ0n) is 13.3. The van der Waals surface area contributed by atoms with Crippen molar-refractivity contribution in [3.05, 3.63) is 57.8 Å². The van der Waals surface area contributed by atoms with E-state index in [0.29, 0.717) is 17.7 Å². The minimum Gasteiger partial charge on any atom is -0.379 e. The van der Waals surface area contributed by atoms with Gasteiger partial charge in [-0.1, -0.05) is 12.1 Å². The fourth-order valence-corrected chi connectivity index (χ4v) is 3.66. The summed E-state index contributed by atoms with van der Waals surface area (Å²) in [6.07, 6.45) is 0. The second-order valence-electron chi connectivity index (χ2n) is 5.58. The third kappa shape index (κ3) is 4.01. The van der Waals surface area contributed by atoms with Crippen molar-refractivity contribution in [2.45, 2.75) is 6.04 Å². The van der Waals surface area contributed by atoms with E-state index >= 15 is 0 Å². The van der Waals surface area contributed by atoms with Gasteiger partial charge in [-0.15, -0.1) is 11.3 Å². The molecule has 1 atom stereocenters. The number of carbonyl (C=O) groups excluding carboxylic acids is 1. The van der Waals surface area contributed by atoms with Gasteiger partial charge in [-0.2, -0.15) is 5.26 Å². The van der Waals surface area contributed by atoms with Crippen molar-refractivity contribution < 1.29 is 9.53 Å². The van der Waals surface area contributed by atoms with Gasteiger partial charge in [-0.05, 0) is 29.6 Å². The molecule has 1 amide bonds. The summed E-state index contributed by atoms with van der Waals surface area (Å²) in [7, 11) is 0. The van der Waals surface area contributed by atoms with Gasteiger partial charge in [0.1, 0.15) is 0 Å². The maximum Gasteiger partial charge on any atom is 0.251 e. The molecule has 0 bridgehead atoms. The summed E-state index contributed by atoms with van der Waals surface area (Å²) in [5.74, 6) is -0.151. The van der Waals surface area contributed by atoms with Crippen molar-refractivity contribution in [3.8, 4) is 6.07 Å². The van der Waals surface area contributed by atoms with Crippen LogP contribution >= 0.6 is 11.3 Å². The van der Waals surface area contributed by atoms with Gasteiger partial charge < -0.3 is 10.1 Å². The van der Waals surface area contributed by atoms with Gasteiger partial charge in [-0.3, -0.25) is 9.69 Å². The maximum absolute atomic E-state index is 12.4. The molecule has 1 aromatic heterocycles. The molecule has 6 heteroatoms. The van der Waals surface area contributed by atoms with Crippen molar-refractivity contribution in [2.75, 3.05) is 32.8 Å². The van der Waals surface area contributed by atoms with E-state index < -0.39 is 0 Å². The van der Waals surface area contributed by atoms with Gasteiger partial charge in [0.15, 0.2) is 0 Å². The number of benzene rings is 1. The third-order valence-electron chi connectivity index (χ3n) is 4.07. The minimum absolute atomic E-state index is 0.150. The van der Waals surface area contributed by atoms with Crippen LogP contribution in [-0.2, 0) is 4.74 Å². The lowest BCUT2D eigenvalue weighted by Gasteiger charge is -2.34. The summed E-state index contributed by atoms with van der Waals surface area (Å²) in [6.45, 7) is 3.71.